The summed E-state index contributed by atoms with van der Waals surface area (Å²) < 4.78 is 0. The predicted molar refractivity (Wildman–Crippen MR) is 62.4 cm³/mol. The fraction of sp³-hybridized carbons (Fsp3) is 0.917. The van der Waals surface area contributed by atoms with Crippen LogP contribution in [0.15, 0.2) is 0 Å². The minimum Gasteiger partial charge on any atom is -0.480 e. The molecule has 4 nitrogen and oxygen atoms in total. The van der Waals surface area contributed by atoms with E-state index >= 15 is 0 Å². The van der Waals surface area contributed by atoms with Crippen LogP contribution in [-0.2, 0) is 4.79 Å². The first-order chi connectivity index (χ1) is 7.53. The van der Waals surface area contributed by atoms with Crippen molar-refractivity contribution in [2.75, 3.05) is 13.1 Å². The first-order valence-corrected chi connectivity index (χ1v) is 6.19. The second-order valence-corrected chi connectivity index (χ2v) is 4.82. The Bertz CT molecular complexity index is 242. The van der Waals surface area contributed by atoms with E-state index in [1.807, 2.05) is 11.8 Å². The van der Waals surface area contributed by atoms with E-state index in [1.54, 1.807) is 6.92 Å². The highest BCUT2D eigenvalue weighted by Crippen LogP contribution is 2.34. The molecule has 0 radical (unpaired) electrons. The van der Waals surface area contributed by atoms with Crippen LogP contribution >= 0.6 is 0 Å². The van der Waals surface area contributed by atoms with Crippen LogP contribution in [0.25, 0.3) is 0 Å². The maximum atomic E-state index is 11.5. The average molecular weight is 229 g/mol. The molecule has 0 aliphatic carbocycles. The molecule has 0 aromatic carbocycles. The molecule has 94 valence electrons. The maximum Gasteiger partial charge on any atom is 0.324 e. The Morgan fingerprint density at radius 1 is 1.56 bits per heavy atom. The number of aliphatic hydroxyl groups excluding tert-OH is 1. The summed E-state index contributed by atoms with van der Waals surface area (Å²) in [4.78, 5) is 13.5. The molecule has 1 aliphatic rings. The number of hydrogen-bond acceptors (Lipinski definition) is 3. The highest BCUT2D eigenvalue weighted by Gasteiger charge is 2.46. The molecule has 1 heterocycles. The lowest BCUT2D eigenvalue weighted by Gasteiger charge is -2.34. The molecule has 4 heteroatoms. The van der Waals surface area contributed by atoms with E-state index in [9.17, 15) is 15.0 Å². The van der Waals surface area contributed by atoms with Gasteiger partial charge in [-0.25, -0.2) is 0 Å². The van der Waals surface area contributed by atoms with Crippen molar-refractivity contribution in [1.82, 2.24) is 4.90 Å². The number of likely N-dealkylation sites (tertiary alicyclic amines) is 1. The summed E-state index contributed by atoms with van der Waals surface area (Å²) >= 11 is 0. The second-order valence-electron chi connectivity index (χ2n) is 4.82. The number of nitrogens with zero attached hydrogens (tertiary/aromatic N) is 1. The van der Waals surface area contributed by atoms with Crippen molar-refractivity contribution in [1.29, 1.82) is 0 Å². The van der Waals surface area contributed by atoms with Crippen LogP contribution in [-0.4, -0.2) is 45.8 Å². The van der Waals surface area contributed by atoms with Gasteiger partial charge in [-0.05, 0) is 39.2 Å². The van der Waals surface area contributed by atoms with Crippen molar-refractivity contribution in [3.63, 3.8) is 0 Å². The molecule has 2 unspecified atom stereocenters. The van der Waals surface area contributed by atoms with E-state index in [0.717, 1.165) is 25.8 Å². The molecule has 0 aromatic rings. The van der Waals surface area contributed by atoms with Crippen molar-refractivity contribution >= 4 is 5.97 Å². The van der Waals surface area contributed by atoms with Gasteiger partial charge in [-0.3, -0.25) is 9.69 Å². The molecule has 0 aromatic heterocycles. The minimum absolute atomic E-state index is 0.353. The van der Waals surface area contributed by atoms with Gasteiger partial charge in [0, 0.05) is 6.54 Å². The van der Waals surface area contributed by atoms with Gasteiger partial charge in [0.25, 0.3) is 0 Å². The Labute approximate surface area is 97.3 Å². The van der Waals surface area contributed by atoms with E-state index in [4.69, 9.17) is 0 Å². The van der Waals surface area contributed by atoms with Gasteiger partial charge in [0.2, 0.25) is 0 Å². The van der Waals surface area contributed by atoms with E-state index < -0.39 is 11.5 Å². The summed E-state index contributed by atoms with van der Waals surface area (Å²) in [6.07, 6.45) is 3.59. The Balaban J connectivity index is 2.69. The fourth-order valence-corrected chi connectivity index (χ4v) is 2.65. The lowest BCUT2D eigenvalue weighted by molar-refractivity contribution is -0.150. The van der Waals surface area contributed by atoms with Gasteiger partial charge in [0.15, 0.2) is 0 Å². The molecule has 0 amide bonds. The first kappa shape index (κ1) is 13.5. The number of carboxylic acid groups (broad SMARTS) is 1. The van der Waals surface area contributed by atoms with Gasteiger partial charge in [0.1, 0.15) is 5.54 Å². The highest BCUT2D eigenvalue weighted by atomic mass is 16.4. The van der Waals surface area contributed by atoms with Crippen LogP contribution in [0.2, 0.25) is 0 Å². The Morgan fingerprint density at radius 2 is 2.25 bits per heavy atom. The van der Waals surface area contributed by atoms with Gasteiger partial charge in [-0.15, -0.1) is 0 Å². The lowest BCUT2D eigenvalue weighted by Crippen LogP contribution is -2.51. The third kappa shape index (κ3) is 2.74. The summed E-state index contributed by atoms with van der Waals surface area (Å²) in [5.74, 6) is -0.697. The van der Waals surface area contributed by atoms with Gasteiger partial charge in [-0.2, -0.15) is 0 Å². The molecule has 16 heavy (non-hydrogen) atoms. The minimum atomic E-state index is -0.697. The van der Waals surface area contributed by atoms with E-state index in [1.165, 1.54) is 0 Å². The van der Waals surface area contributed by atoms with Crippen LogP contribution in [0.1, 0.15) is 46.0 Å². The Morgan fingerprint density at radius 3 is 2.75 bits per heavy atom. The number of aliphatic hydroxyl groups is 1. The molecule has 0 bridgehead atoms. The van der Waals surface area contributed by atoms with Crippen molar-refractivity contribution < 1.29 is 15.0 Å². The highest BCUT2D eigenvalue weighted by molar-refractivity contribution is 5.79. The standard InChI is InChI=1S/C12H23NO3/c1-3-6-12(11(15)16)7-4-8-13(12)9-5-10(2)14/h10,14H,3-9H2,1-2H3,(H,15,16). The summed E-state index contributed by atoms with van der Waals surface area (Å²) in [5, 5.41) is 18.7. The summed E-state index contributed by atoms with van der Waals surface area (Å²) in [6.45, 7) is 5.30. The van der Waals surface area contributed by atoms with Gasteiger partial charge in [-0.1, -0.05) is 13.3 Å². The smallest absolute Gasteiger partial charge is 0.324 e. The molecular formula is C12H23NO3. The Kier molecular flexibility index (Phi) is 4.74. The number of carboxylic acids is 1. The van der Waals surface area contributed by atoms with Gasteiger partial charge < -0.3 is 10.2 Å². The van der Waals surface area contributed by atoms with Crippen molar-refractivity contribution in [2.45, 2.75) is 57.6 Å². The molecule has 1 fully saturated rings. The van der Waals surface area contributed by atoms with Gasteiger partial charge in [0.05, 0.1) is 6.10 Å². The zero-order valence-corrected chi connectivity index (χ0v) is 10.3. The third-order valence-corrected chi connectivity index (χ3v) is 3.50. The molecular weight excluding hydrogens is 206 g/mol. The van der Waals surface area contributed by atoms with Crippen LogP contribution in [0.3, 0.4) is 0 Å². The lowest BCUT2D eigenvalue weighted by atomic mass is 9.90. The molecule has 2 N–H and O–H groups in total. The zero-order valence-electron chi connectivity index (χ0n) is 10.3. The number of aliphatic carboxylic acids is 1. The van der Waals surface area contributed by atoms with Crippen LogP contribution in [0.5, 0.6) is 0 Å². The molecule has 1 saturated heterocycles. The first-order valence-electron chi connectivity index (χ1n) is 6.19. The van der Waals surface area contributed by atoms with Crippen LogP contribution in [0.4, 0.5) is 0 Å². The van der Waals surface area contributed by atoms with E-state index in [2.05, 4.69) is 0 Å². The van der Waals surface area contributed by atoms with Crippen LogP contribution in [0, 0.1) is 0 Å². The maximum absolute atomic E-state index is 11.5. The summed E-state index contributed by atoms with van der Waals surface area (Å²) in [7, 11) is 0. The van der Waals surface area contributed by atoms with Crippen molar-refractivity contribution in [2.24, 2.45) is 0 Å². The average Bonchev–Trinajstić information content (AvgIpc) is 2.60. The molecule has 0 spiro atoms. The van der Waals surface area contributed by atoms with Crippen molar-refractivity contribution in [3.8, 4) is 0 Å². The normalized spacial score (nSPS) is 28.2. The second kappa shape index (κ2) is 5.64. The monoisotopic (exact) mass is 229 g/mol. The SMILES string of the molecule is CCCC1(C(=O)O)CCCN1CCC(C)O. The number of carbonyl (C=O) groups is 1. The largest absolute Gasteiger partial charge is 0.480 e. The molecule has 1 aliphatic heterocycles. The van der Waals surface area contributed by atoms with Crippen LogP contribution < -0.4 is 0 Å². The van der Waals surface area contributed by atoms with Gasteiger partial charge >= 0.3 is 5.97 Å². The van der Waals surface area contributed by atoms with Crippen molar-refractivity contribution in [3.05, 3.63) is 0 Å². The molecule has 2 atom stereocenters. The molecule has 1 rings (SSSR count). The quantitative estimate of drug-likeness (QED) is 0.724. The number of hydrogen-bond donors (Lipinski definition) is 2. The predicted octanol–water partition coefficient (Wildman–Crippen LogP) is 1.48. The molecule has 0 saturated carbocycles. The van der Waals surface area contributed by atoms with E-state index in [-0.39, 0.29) is 6.10 Å². The zero-order chi connectivity index (χ0) is 12.2. The Hall–Kier alpha value is -0.610. The third-order valence-electron chi connectivity index (χ3n) is 3.50. The number of rotatable bonds is 6. The summed E-state index contributed by atoms with van der Waals surface area (Å²) in [5.41, 5.74) is -0.663. The topological polar surface area (TPSA) is 60.8 Å². The fourth-order valence-electron chi connectivity index (χ4n) is 2.65. The van der Waals surface area contributed by atoms with E-state index in [0.29, 0.717) is 19.4 Å². The summed E-state index contributed by atoms with van der Waals surface area (Å²) in [6, 6.07) is 0.